The van der Waals surface area contributed by atoms with Crippen LogP contribution in [0.5, 0.6) is 0 Å². The fourth-order valence-corrected chi connectivity index (χ4v) is 2.23. The van der Waals surface area contributed by atoms with E-state index >= 15 is 0 Å². The summed E-state index contributed by atoms with van der Waals surface area (Å²) in [6.45, 7) is 6.84. The fourth-order valence-electron chi connectivity index (χ4n) is 1.74. The second-order valence-electron chi connectivity index (χ2n) is 5.91. The molecule has 1 unspecified atom stereocenters. The van der Waals surface area contributed by atoms with Gasteiger partial charge in [-0.2, -0.15) is 0 Å². The SMILES string of the molecule is CN(C(=O)OC(C)(C)C)C(C)(C=O)c1cccc(Cl)c1Cl. The number of amides is 1. The molecule has 6 heteroatoms. The van der Waals surface area contributed by atoms with E-state index in [1.807, 2.05) is 0 Å². The van der Waals surface area contributed by atoms with Gasteiger partial charge in [0.1, 0.15) is 17.4 Å². The van der Waals surface area contributed by atoms with Gasteiger partial charge in [-0.1, -0.05) is 35.3 Å². The minimum Gasteiger partial charge on any atom is -0.444 e. The lowest BCUT2D eigenvalue weighted by molar-refractivity contribution is -0.117. The van der Waals surface area contributed by atoms with Gasteiger partial charge in [-0.15, -0.1) is 0 Å². The lowest BCUT2D eigenvalue weighted by atomic mass is 9.92. The lowest BCUT2D eigenvalue weighted by Gasteiger charge is -2.36. The highest BCUT2D eigenvalue weighted by Crippen LogP contribution is 2.35. The summed E-state index contributed by atoms with van der Waals surface area (Å²) in [5, 5.41) is 0.559. The molecular weight excluding hydrogens is 313 g/mol. The van der Waals surface area contributed by atoms with Crippen molar-refractivity contribution in [2.75, 3.05) is 7.05 Å². The highest BCUT2D eigenvalue weighted by molar-refractivity contribution is 6.42. The van der Waals surface area contributed by atoms with Crippen LogP contribution in [0.1, 0.15) is 33.3 Å². The van der Waals surface area contributed by atoms with Crippen molar-refractivity contribution < 1.29 is 14.3 Å². The molecule has 0 aliphatic carbocycles. The Morgan fingerprint density at radius 2 is 1.81 bits per heavy atom. The number of ether oxygens (including phenoxy) is 1. The monoisotopic (exact) mass is 331 g/mol. The molecule has 4 nitrogen and oxygen atoms in total. The smallest absolute Gasteiger partial charge is 0.411 e. The van der Waals surface area contributed by atoms with Crippen LogP contribution in [0.2, 0.25) is 10.0 Å². The van der Waals surface area contributed by atoms with Crippen LogP contribution >= 0.6 is 23.2 Å². The van der Waals surface area contributed by atoms with E-state index in [9.17, 15) is 9.59 Å². The van der Waals surface area contributed by atoms with Crippen LogP contribution in [-0.2, 0) is 15.1 Å². The average Bonchev–Trinajstić information content (AvgIpc) is 2.38. The number of hydrogen-bond acceptors (Lipinski definition) is 3. The molecule has 0 fully saturated rings. The first-order chi connectivity index (χ1) is 9.53. The van der Waals surface area contributed by atoms with E-state index in [2.05, 4.69) is 0 Å². The quantitative estimate of drug-likeness (QED) is 0.777. The Kier molecular flexibility index (Phi) is 5.29. The Hall–Kier alpha value is -1.26. The maximum atomic E-state index is 12.2. The third kappa shape index (κ3) is 3.89. The van der Waals surface area contributed by atoms with Gasteiger partial charge in [0.15, 0.2) is 0 Å². The van der Waals surface area contributed by atoms with Crippen LogP contribution in [0.3, 0.4) is 0 Å². The van der Waals surface area contributed by atoms with Crippen molar-refractivity contribution in [3.05, 3.63) is 33.8 Å². The summed E-state index contributed by atoms with van der Waals surface area (Å²) >= 11 is 12.2. The van der Waals surface area contributed by atoms with Crippen molar-refractivity contribution in [2.45, 2.75) is 38.8 Å². The lowest BCUT2D eigenvalue weighted by Crippen LogP contribution is -2.48. The number of aldehydes is 1. The first-order valence-corrected chi connectivity index (χ1v) is 7.16. The van der Waals surface area contributed by atoms with Gasteiger partial charge in [0.2, 0.25) is 0 Å². The number of nitrogens with zero attached hydrogens (tertiary/aromatic N) is 1. The Bertz CT molecular complexity index is 554. The summed E-state index contributed by atoms with van der Waals surface area (Å²) in [5.41, 5.74) is -1.49. The van der Waals surface area contributed by atoms with Crippen LogP contribution in [-0.4, -0.2) is 29.9 Å². The van der Waals surface area contributed by atoms with Gasteiger partial charge >= 0.3 is 6.09 Å². The molecule has 21 heavy (non-hydrogen) atoms. The second-order valence-corrected chi connectivity index (χ2v) is 6.69. The molecule has 0 aliphatic rings. The molecule has 1 aromatic rings. The predicted molar refractivity (Wildman–Crippen MR) is 83.9 cm³/mol. The maximum absolute atomic E-state index is 12.2. The van der Waals surface area contributed by atoms with Crippen molar-refractivity contribution in [2.24, 2.45) is 0 Å². The highest BCUT2D eigenvalue weighted by Gasteiger charge is 2.38. The Morgan fingerprint density at radius 1 is 1.24 bits per heavy atom. The van der Waals surface area contributed by atoms with Gasteiger partial charge < -0.3 is 9.53 Å². The fraction of sp³-hybridized carbons (Fsp3) is 0.467. The second kappa shape index (κ2) is 6.24. The number of carbonyl (C=O) groups is 2. The molecule has 0 aliphatic heterocycles. The molecule has 116 valence electrons. The minimum absolute atomic E-state index is 0.240. The molecule has 1 rings (SSSR count). The number of likely N-dealkylation sites (N-methyl/N-ethyl adjacent to an activating group) is 1. The number of halogens is 2. The summed E-state index contributed by atoms with van der Waals surface area (Å²) in [6, 6.07) is 4.95. The standard InChI is InChI=1S/C15H19Cl2NO3/c1-14(2,3)21-13(20)18(5)15(4,9-19)10-7-6-8-11(16)12(10)17/h6-9H,1-5H3. The molecule has 1 atom stereocenters. The largest absolute Gasteiger partial charge is 0.444 e. The first kappa shape index (κ1) is 17.8. The van der Waals surface area contributed by atoms with E-state index < -0.39 is 17.2 Å². The third-order valence-electron chi connectivity index (χ3n) is 3.09. The molecule has 0 saturated carbocycles. The van der Waals surface area contributed by atoms with E-state index in [4.69, 9.17) is 27.9 Å². The van der Waals surface area contributed by atoms with Crippen molar-refractivity contribution >= 4 is 35.6 Å². The van der Waals surface area contributed by atoms with E-state index in [1.54, 1.807) is 45.9 Å². The number of hydrogen-bond donors (Lipinski definition) is 0. The molecule has 0 saturated heterocycles. The summed E-state index contributed by atoms with van der Waals surface area (Å²) in [6.07, 6.45) is 0.0298. The van der Waals surface area contributed by atoms with Gasteiger partial charge in [0.25, 0.3) is 0 Å². The van der Waals surface area contributed by atoms with Gasteiger partial charge in [-0.05, 0) is 33.8 Å². The summed E-state index contributed by atoms with van der Waals surface area (Å²) in [7, 11) is 1.49. The molecular formula is C15H19Cl2NO3. The van der Waals surface area contributed by atoms with E-state index in [-0.39, 0.29) is 5.02 Å². The molecule has 0 N–H and O–H groups in total. The van der Waals surface area contributed by atoms with Crippen LogP contribution in [0.15, 0.2) is 18.2 Å². The summed E-state index contributed by atoms with van der Waals surface area (Å²) < 4.78 is 5.29. The minimum atomic E-state index is -1.27. The first-order valence-electron chi connectivity index (χ1n) is 6.40. The van der Waals surface area contributed by atoms with Crippen LogP contribution in [0.25, 0.3) is 0 Å². The molecule has 1 amide bonds. The molecule has 0 aromatic heterocycles. The zero-order valence-corrected chi connectivity index (χ0v) is 14.2. The van der Waals surface area contributed by atoms with Crippen LogP contribution < -0.4 is 0 Å². The van der Waals surface area contributed by atoms with Gasteiger partial charge in [0.05, 0.1) is 10.0 Å². The zero-order chi connectivity index (χ0) is 16.4. The zero-order valence-electron chi connectivity index (χ0n) is 12.7. The van der Waals surface area contributed by atoms with Crippen LogP contribution in [0.4, 0.5) is 4.79 Å². The van der Waals surface area contributed by atoms with Crippen molar-refractivity contribution in [3.8, 4) is 0 Å². The van der Waals surface area contributed by atoms with E-state index in [1.165, 1.54) is 11.9 Å². The van der Waals surface area contributed by atoms with Gasteiger partial charge in [0, 0.05) is 12.6 Å². The molecule has 0 spiro atoms. The maximum Gasteiger partial charge on any atom is 0.411 e. The molecule has 0 radical (unpaired) electrons. The Morgan fingerprint density at radius 3 is 2.29 bits per heavy atom. The molecule has 0 heterocycles. The van der Waals surface area contributed by atoms with Crippen molar-refractivity contribution in [1.82, 2.24) is 4.90 Å². The van der Waals surface area contributed by atoms with Crippen molar-refractivity contribution in [1.29, 1.82) is 0 Å². The number of benzene rings is 1. The number of rotatable bonds is 3. The average molecular weight is 332 g/mol. The topological polar surface area (TPSA) is 46.6 Å². The van der Waals surface area contributed by atoms with Gasteiger partial charge in [-0.25, -0.2) is 4.79 Å². The Balaban J connectivity index is 3.23. The van der Waals surface area contributed by atoms with Crippen molar-refractivity contribution in [3.63, 3.8) is 0 Å². The van der Waals surface area contributed by atoms with E-state index in [0.29, 0.717) is 16.9 Å². The Labute approximate surface area is 135 Å². The molecule has 1 aromatic carbocycles. The highest BCUT2D eigenvalue weighted by atomic mass is 35.5. The summed E-state index contributed by atoms with van der Waals surface area (Å²) in [4.78, 5) is 25.1. The van der Waals surface area contributed by atoms with E-state index in [0.717, 1.165) is 0 Å². The molecule has 0 bridgehead atoms. The number of carbonyl (C=O) groups excluding carboxylic acids is 2. The summed E-state index contributed by atoms with van der Waals surface area (Å²) in [5.74, 6) is 0. The third-order valence-corrected chi connectivity index (χ3v) is 3.91. The van der Waals surface area contributed by atoms with Crippen LogP contribution in [0, 0.1) is 0 Å². The normalized spacial score (nSPS) is 14.2. The van der Waals surface area contributed by atoms with Gasteiger partial charge in [-0.3, -0.25) is 4.90 Å². The predicted octanol–water partition coefficient (Wildman–Crippen LogP) is 4.27.